The molecule has 0 bridgehead atoms. The third-order valence-corrected chi connectivity index (χ3v) is 21.0. The zero-order chi connectivity index (χ0) is 89.1. The second-order valence-corrected chi connectivity index (χ2v) is 33.5. The van der Waals surface area contributed by atoms with Gasteiger partial charge in [0.25, 0.3) is 22.2 Å². The van der Waals surface area contributed by atoms with Gasteiger partial charge in [0.2, 0.25) is 40.3 Å². The number of hydrogen-bond donors (Lipinski definition) is 2. The van der Waals surface area contributed by atoms with Crippen molar-refractivity contribution in [1.82, 2.24) is 78.1 Å². The molecule has 14 aromatic rings. The van der Waals surface area contributed by atoms with Crippen molar-refractivity contribution in [2.24, 2.45) is 0 Å². The lowest BCUT2D eigenvalue weighted by Gasteiger charge is -2.19. The van der Waals surface area contributed by atoms with Crippen LogP contribution in [0.2, 0.25) is 0 Å². The third kappa shape index (κ3) is 21.7. The Morgan fingerprint density at radius 1 is 0.355 bits per heavy atom. The molecule has 124 heavy (non-hydrogen) atoms. The Labute approximate surface area is 695 Å². The summed E-state index contributed by atoms with van der Waals surface area (Å²) < 4.78 is 257. The topological polar surface area (TPSA) is 388 Å². The number of sulfone groups is 2. The molecule has 0 radical (unpaired) electrons. The lowest BCUT2D eigenvalue weighted by Crippen LogP contribution is -2.20. The summed E-state index contributed by atoms with van der Waals surface area (Å²) in [4.78, 5) is 92.0. The minimum Gasteiger partial charge on any atom is -0.486 e. The molecular weight excluding hydrogens is 1740 g/mol. The highest BCUT2D eigenvalue weighted by Crippen LogP contribution is 2.38. The predicted molar refractivity (Wildman–Crippen MR) is 421 cm³/mol. The van der Waals surface area contributed by atoms with Gasteiger partial charge in [0.1, 0.15) is 49.2 Å². The number of H-pyrrole nitrogens is 2. The quantitative estimate of drug-likeness (QED) is 0.0670. The van der Waals surface area contributed by atoms with E-state index < -0.39 is 115 Å². The molecule has 46 heteroatoms. The number of aromatic nitrogens is 16. The normalized spacial score (nSPS) is 13.4. The molecule has 0 saturated carbocycles. The Kier molecular flexibility index (Phi) is 25.3. The number of ether oxygens (including phenoxy) is 4. The van der Waals surface area contributed by atoms with Gasteiger partial charge in [-0.15, -0.1) is 0 Å². The van der Waals surface area contributed by atoms with Gasteiger partial charge in [0.15, 0.2) is 23.0 Å². The number of aromatic amines is 2. The summed E-state index contributed by atoms with van der Waals surface area (Å²) in [6.45, 7) is 2.29. The molecule has 644 valence electrons. The minimum atomic E-state index is -4.88. The average Bonchev–Trinajstić information content (AvgIpc) is 0.969. The van der Waals surface area contributed by atoms with Crippen LogP contribution in [-0.4, -0.2) is 155 Å². The smallest absolute Gasteiger partial charge is 0.433 e. The fourth-order valence-electron chi connectivity index (χ4n) is 12.0. The van der Waals surface area contributed by atoms with Gasteiger partial charge < -0.3 is 47.2 Å². The zero-order valence-electron chi connectivity index (χ0n) is 64.1. The van der Waals surface area contributed by atoms with Crippen LogP contribution in [0.25, 0.3) is 67.1 Å². The van der Waals surface area contributed by atoms with Gasteiger partial charge >= 0.3 is 24.7 Å². The minimum absolute atomic E-state index is 0.0692. The highest BCUT2D eigenvalue weighted by molar-refractivity contribution is 7.90. The second kappa shape index (κ2) is 35.5. The van der Waals surface area contributed by atoms with Crippen LogP contribution in [0.4, 0.5) is 52.7 Å². The Balaban J connectivity index is 0.000000142. The van der Waals surface area contributed by atoms with E-state index in [1.165, 1.54) is 110 Å². The number of nitrogens with zero attached hydrogens (tertiary/aromatic N) is 14. The van der Waals surface area contributed by atoms with Crippen LogP contribution in [0.3, 0.4) is 0 Å². The average molecular weight is 1800 g/mol. The summed E-state index contributed by atoms with van der Waals surface area (Å²) >= 11 is 0. The molecule has 2 N–H and O–H groups in total. The van der Waals surface area contributed by atoms with E-state index in [-0.39, 0.29) is 87.9 Å². The molecule has 2 aliphatic heterocycles. The lowest BCUT2D eigenvalue weighted by molar-refractivity contribution is -0.142. The van der Waals surface area contributed by atoms with Crippen LogP contribution in [0.5, 0.6) is 23.0 Å². The molecule has 2 aliphatic rings. The van der Waals surface area contributed by atoms with Gasteiger partial charge in [-0.2, -0.15) is 52.7 Å². The van der Waals surface area contributed by atoms with Crippen LogP contribution < -0.4 is 41.2 Å². The molecule has 30 nitrogen and oxygen atoms in total. The van der Waals surface area contributed by atoms with Crippen molar-refractivity contribution in [3.05, 3.63) is 269 Å². The number of imidazole rings is 2. The molecular formula is C78H60F12N16O14S4. The van der Waals surface area contributed by atoms with Gasteiger partial charge in [0, 0.05) is 96.3 Å². The van der Waals surface area contributed by atoms with E-state index in [0.717, 1.165) is 63.4 Å². The molecule has 0 fully saturated rings. The van der Waals surface area contributed by atoms with Crippen LogP contribution in [-0.2, 0) is 92.2 Å². The monoisotopic (exact) mass is 1800 g/mol. The van der Waals surface area contributed by atoms with Gasteiger partial charge in [-0.3, -0.25) is 27.6 Å². The van der Waals surface area contributed by atoms with Crippen LogP contribution in [0, 0.1) is 0 Å². The summed E-state index contributed by atoms with van der Waals surface area (Å²) in [5, 5.41) is -2.76. The van der Waals surface area contributed by atoms with E-state index in [0.29, 0.717) is 67.1 Å². The predicted octanol–water partition coefficient (Wildman–Crippen LogP) is 11.1. The summed E-state index contributed by atoms with van der Waals surface area (Å²) in [6, 6.07) is 34.2. The fraction of sp³-hybridized carbons (Fsp3) is 0.205. The number of nitrogens with one attached hydrogen (secondary N) is 2. The number of pyridine rings is 4. The summed E-state index contributed by atoms with van der Waals surface area (Å²) in [7, 11) is -11.8. The Bertz CT molecular complexity index is 7020. The lowest BCUT2D eigenvalue weighted by atomic mass is 10.1. The molecule has 2 atom stereocenters. The Morgan fingerprint density at radius 3 is 0.919 bits per heavy atom. The van der Waals surface area contributed by atoms with Crippen molar-refractivity contribution in [2.75, 3.05) is 51.5 Å². The summed E-state index contributed by atoms with van der Waals surface area (Å²) in [5.41, 5.74) is -0.424. The maximum Gasteiger partial charge on any atom is 0.433 e. The third-order valence-electron chi connectivity index (χ3n) is 17.9. The van der Waals surface area contributed by atoms with Crippen molar-refractivity contribution < 1.29 is 96.9 Å². The van der Waals surface area contributed by atoms with E-state index >= 15 is 0 Å². The van der Waals surface area contributed by atoms with E-state index in [9.17, 15) is 97.1 Å². The molecule has 10 aromatic heterocycles. The standard InChI is InChI=1S/C20H16F3N3O5S.C20H16F3N3O4S.C19H14F3N5O3S.C19H14F3N5O2S/c1-32(28,29)19-24-14(9-17(25-19)20(21,22)23)13-3-5-18(27)26(11-13)10-12-2-4-15-16(8-12)31-7-6-30-15;1-31(28)19-24-14(9-17(25-19)20(21,22)23)13-3-5-18(27)26(11-13)10-12-2-4-15-16(8-12)30-7-6-29-15;1-31(29,30)18-25-14(7-16(26-18)19(20,21)22)12-3-5-17(28)27(9-12)8-11-2-4-13-15(6-11)24-10-23-13;1-30(29)18-25-14(7-16(26-18)19(20,21)22)12-3-5-17(28)27(9-12)8-11-2-4-13-15(6-11)24-10-23-13/h2-5,8-9,11H,6-7,10H2,1H3;2-5,8-9,11H,6-7,10H2,1H3;2-7,9-10H,8H2,1H3,(H,23,24);2-7,9-10H,8H2,1H3,(H,23,24). The van der Waals surface area contributed by atoms with E-state index in [2.05, 4.69) is 59.8 Å². The summed E-state index contributed by atoms with van der Waals surface area (Å²) in [5.74, 6) is 2.28. The molecule has 12 heterocycles. The first-order valence-corrected chi connectivity index (χ1v) is 42.7. The van der Waals surface area contributed by atoms with Crippen LogP contribution >= 0.6 is 0 Å². The van der Waals surface area contributed by atoms with Crippen LogP contribution in [0.15, 0.2) is 223 Å². The molecule has 0 saturated heterocycles. The number of benzene rings is 4. The zero-order valence-corrected chi connectivity index (χ0v) is 67.4. The number of hydrogen-bond acceptors (Lipinski definition) is 24. The maximum absolute atomic E-state index is 13.3. The molecule has 0 spiro atoms. The van der Waals surface area contributed by atoms with Crippen molar-refractivity contribution in [3.63, 3.8) is 0 Å². The van der Waals surface area contributed by atoms with E-state index in [1.54, 1.807) is 67.0 Å². The first kappa shape index (κ1) is 88.3. The van der Waals surface area contributed by atoms with Crippen molar-refractivity contribution in [2.45, 2.75) is 71.5 Å². The maximum atomic E-state index is 13.3. The Hall–Kier alpha value is -13.5. The van der Waals surface area contributed by atoms with Gasteiger partial charge in [-0.25, -0.2) is 66.7 Å². The number of halogens is 12. The van der Waals surface area contributed by atoms with Gasteiger partial charge in [-0.05, 0) is 119 Å². The second-order valence-electron chi connectivity index (χ2n) is 27.1. The number of alkyl halides is 12. The highest BCUT2D eigenvalue weighted by Gasteiger charge is 2.38. The molecule has 16 rings (SSSR count). The largest absolute Gasteiger partial charge is 0.486 e. The van der Waals surface area contributed by atoms with E-state index in [1.807, 2.05) is 12.1 Å². The first-order chi connectivity index (χ1) is 58.4. The van der Waals surface area contributed by atoms with Crippen LogP contribution in [0.1, 0.15) is 45.0 Å². The first-order valence-electron chi connectivity index (χ1n) is 35.8. The number of fused-ring (bicyclic) bond motifs is 4. The summed E-state index contributed by atoms with van der Waals surface area (Å²) in [6.07, 6.45) is -6.80. The molecule has 4 aromatic carbocycles. The molecule has 0 amide bonds. The fourth-order valence-corrected chi connectivity index (χ4v) is 14.0. The van der Waals surface area contributed by atoms with E-state index in [4.69, 9.17) is 18.9 Å². The number of rotatable bonds is 16. The van der Waals surface area contributed by atoms with Gasteiger partial charge in [0.05, 0.1) is 105 Å². The van der Waals surface area contributed by atoms with Crippen molar-refractivity contribution in [1.29, 1.82) is 0 Å². The molecule has 0 aliphatic carbocycles. The van der Waals surface area contributed by atoms with Crippen molar-refractivity contribution in [3.8, 4) is 68.0 Å². The molecule has 2 unspecified atom stereocenters. The highest BCUT2D eigenvalue weighted by atomic mass is 32.2. The Morgan fingerprint density at radius 2 is 0.629 bits per heavy atom. The van der Waals surface area contributed by atoms with Crippen molar-refractivity contribution >= 4 is 63.3 Å². The van der Waals surface area contributed by atoms with Gasteiger partial charge in [-0.1, -0.05) is 24.3 Å². The SMILES string of the molecule is CS(=O)(=O)c1nc(-c2ccc(=O)n(Cc3ccc4c(c3)OCCO4)c2)cc(C(F)(F)F)n1.CS(=O)(=O)c1nc(-c2ccc(=O)n(Cc3ccc4nc[nH]c4c3)c2)cc(C(F)(F)F)n1.CS(=O)c1nc(-c2ccc(=O)n(Cc3ccc4c(c3)OCCO4)c2)cc(C(F)(F)F)n1.CS(=O)c1nc(-c2ccc(=O)n(Cc3ccc4nc[nH]c4c3)c2)cc(C(F)(F)F)n1.